The first-order valence-corrected chi connectivity index (χ1v) is 7.56. The molecule has 0 bridgehead atoms. The minimum absolute atomic E-state index is 0.203. The van der Waals surface area contributed by atoms with Gasteiger partial charge in [0.1, 0.15) is 11.6 Å². The van der Waals surface area contributed by atoms with Crippen molar-refractivity contribution >= 4 is 27.7 Å². The van der Waals surface area contributed by atoms with Crippen molar-refractivity contribution in [3.8, 4) is 5.75 Å². The highest BCUT2D eigenvalue weighted by Gasteiger charge is 2.08. The molecule has 0 saturated heterocycles. The van der Waals surface area contributed by atoms with Crippen LogP contribution in [0.1, 0.15) is 29.3 Å². The number of nitrogens with one attached hydrogen (secondary N) is 1. The van der Waals surface area contributed by atoms with Gasteiger partial charge in [-0.15, -0.1) is 0 Å². The minimum atomic E-state index is -0.203. The molecular weight excluding hydrogens is 332 g/mol. The maximum atomic E-state index is 12.2. The van der Waals surface area contributed by atoms with Crippen LogP contribution in [0.2, 0.25) is 0 Å². The van der Waals surface area contributed by atoms with Gasteiger partial charge >= 0.3 is 0 Å². The summed E-state index contributed by atoms with van der Waals surface area (Å²) >= 11 is 3.38. The van der Waals surface area contributed by atoms with Crippen LogP contribution in [0.15, 0.2) is 41.0 Å². The smallest absolute Gasteiger partial charge is 0.256 e. The van der Waals surface area contributed by atoms with Gasteiger partial charge in [-0.3, -0.25) is 4.79 Å². The number of aromatic nitrogens is 1. The van der Waals surface area contributed by atoms with Crippen LogP contribution in [0.4, 0.5) is 5.82 Å². The van der Waals surface area contributed by atoms with Gasteiger partial charge in [0.25, 0.3) is 5.91 Å². The summed E-state index contributed by atoms with van der Waals surface area (Å²) in [5, 5.41) is 2.78. The van der Waals surface area contributed by atoms with Gasteiger partial charge in [-0.1, -0.05) is 13.0 Å². The molecule has 5 heteroatoms. The van der Waals surface area contributed by atoms with Gasteiger partial charge in [-0.2, -0.15) is 0 Å². The standard InChI is InChI=1S/C16H17BrN2O2/c1-3-7-21-13-6-4-5-12(9-13)16(20)19-15-8-11(2)14(17)10-18-15/h4-6,8-10H,3,7H2,1-2H3,(H,18,19,20). The highest BCUT2D eigenvalue weighted by molar-refractivity contribution is 9.10. The minimum Gasteiger partial charge on any atom is -0.494 e. The molecule has 0 saturated carbocycles. The predicted octanol–water partition coefficient (Wildman–Crippen LogP) is 4.19. The number of carbonyl (C=O) groups is 1. The number of halogens is 1. The zero-order valence-electron chi connectivity index (χ0n) is 12.0. The van der Waals surface area contributed by atoms with Crippen LogP contribution >= 0.6 is 15.9 Å². The molecule has 1 aromatic heterocycles. The fourth-order valence-corrected chi connectivity index (χ4v) is 1.96. The van der Waals surface area contributed by atoms with Crippen molar-refractivity contribution in [2.45, 2.75) is 20.3 Å². The molecule has 4 nitrogen and oxygen atoms in total. The number of aryl methyl sites for hydroxylation is 1. The van der Waals surface area contributed by atoms with Crippen LogP contribution < -0.4 is 10.1 Å². The van der Waals surface area contributed by atoms with E-state index in [0.717, 1.165) is 16.5 Å². The summed E-state index contributed by atoms with van der Waals surface area (Å²) in [6, 6.07) is 8.95. The molecule has 0 aliphatic rings. The third-order valence-electron chi connectivity index (χ3n) is 2.86. The normalized spacial score (nSPS) is 10.2. The molecule has 1 N–H and O–H groups in total. The number of pyridine rings is 1. The zero-order chi connectivity index (χ0) is 15.2. The topological polar surface area (TPSA) is 51.2 Å². The molecule has 0 spiro atoms. The summed E-state index contributed by atoms with van der Waals surface area (Å²) < 4.78 is 6.44. The summed E-state index contributed by atoms with van der Waals surface area (Å²) in [7, 11) is 0. The Kier molecular flexibility index (Phi) is 5.33. The van der Waals surface area contributed by atoms with Gasteiger partial charge in [0.15, 0.2) is 0 Å². The Morgan fingerprint density at radius 1 is 1.38 bits per heavy atom. The molecule has 0 atom stereocenters. The summed E-state index contributed by atoms with van der Waals surface area (Å²) in [5.41, 5.74) is 1.56. The molecule has 0 aliphatic carbocycles. The average molecular weight is 349 g/mol. The Bertz CT molecular complexity index is 644. The number of nitrogens with zero attached hydrogens (tertiary/aromatic N) is 1. The van der Waals surface area contributed by atoms with Crippen molar-refractivity contribution in [1.29, 1.82) is 0 Å². The Morgan fingerprint density at radius 2 is 2.19 bits per heavy atom. The summed E-state index contributed by atoms with van der Waals surface area (Å²) in [6.07, 6.45) is 2.60. The molecule has 2 rings (SSSR count). The SMILES string of the molecule is CCCOc1cccc(C(=O)Nc2cc(C)c(Br)cn2)c1. The number of amides is 1. The van der Waals surface area contributed by atoms with Crippen molar-refractivity contribution in [1.82, 2.24) is 4.98 Å². The molecule has 0 aliphatic heterocycles. The Morgan fingerprint density at radius 3 is 2.90 bits per heavy atom. The molecule has 1 heterocycles. The maximum Gasteiger partial charge on any atom is 0.256 e. The van der Waals surface area contributed by atoms with Crippen LogP contribution in [-0.2, 0) is 0 Å². The van der Waals surface area contributed by atoms with Crippen LogP contribution in [0.25, 0.3) is 0 Å². The molecule has 0 radical (unpaired) electrons. The molecule has 0 fully saturated rings. The van der Waals surface area contributed by atoms with Crippen LogP contribution in [0.5, 0.6) is 5.75 Å². The third-order valence-corrected chi connectivity index (χ3v) is 3.69. The second-order valence-electron chi connectivity index (χ2n) is 4.65. The van der Waals surface area contributed by atoms with E-state index in [1.807, 2.05) is 26.0 Å². The van der Waals surface area contributed by atoms with E-state index in [1.165, 1.54) is 0 Å². The first-order valence-electron chi connectivity index (χ1n) is 6.76. The lowest BCUT2D eigenvalue weighted by atomic mass is 10.2. The number of hydrogen-bond donors (Lipinski definition) is 1. The van der Waals surface area contributed by atoms with Gasteiger partial charge in [0.2, 0.25) is 0 Å². The number of rotatable bonds is 5. The van der Waals surface area contributed by atoms with Gasteiger partial charge in [0.05, 0.1) is 6.61 Å². The first-order chi connectivity index (χ1) is 10.1. The van der Waals surface area contributed by atoms with Gasteiger partial charge in [-0.25, -0.2) is 4.98 Å². The van der Waals surface area contributed by atoms with Crippen molar-refractivity contribution in [3.05, 3.63) is 52.1 Å². The fourth-order valence-electron chi connectivity index (χ4n) is 1.74. The fraction of sp³-hybridized carbons (Fsp3) is 0.250. The van der Waals surface area contributed by atoms with Crippen molar-refractivity contribution in [3.63, 3.8) is 0 Å². The number of hydrogen-bond acceptors (Lipinski definition) is 3. The van der Waals surface area contributed by atoms with Crippen molar-refractivity contribution < 1.29 is 9.53 Å². The monoisotopic (exact) mass is 348 g/mol. The van der Waals surface area contributed by atoms with E-state index in [1.54, 1.807) is 24.4 Å². The second kappa shape index (κ2) is 7.22. The highest BCUT2D eigenvalue weighted by Crippen LogP contribution is 2.19. The molecule has 1 amide bonds. The van der Waals surface area contributed by atoms with E-state index in [4.69, 9.17) is 4.74 Å². The quantitative estimate of drug-likeness (QED) is 0.880. The lowest BCUT2D eigenvalue weighted by molar-refractivity contribution is 0.102. The third kappa shape index (κ3) is 4.29. The van der Waals surface area contributed by atoms with Crippen LogP contribution in [0.3, 0.4) is 0 Å². The van der Waals surface area contributed by atoms with Gasteiger partial charge in [-0.05, 0) is 59.1 Å². The molecule has 2 aromatic rings. The molecule has 0 unspecified atom stereocenters. The highest BCUT2D eigenvalue weighted by atomic mass is 79.9. The largest absolute Gasteiger partial charge is 0.494 e. The zero-order valence-corrected chi connectivity index (χ0v) is 13.6. The van der Waals surface area contributed by atoms with E-state index < -0.39 is 0 Å². The summed E-state index contributed by atoms with van der Waals surface area (Å²) in [6.45, 7) is 4.62. The predicted molar refractivity (Wildman–Crippen MR) is 86.9 cm³/mol. The number of carbonyl (C=O) groups excluding carboxylic acids is 1. The number of anilines is 1. The number of benzene rings is 1. The van der Waals surface area contributed by atoms with Crippen LogP contribution in [-0.4, -0.2) is 17.5 Å². The van der Waals surface area contributed by atoms with E-state index in [0.29, 0.717) is 23.7 Å². The van der Waals surface area contributed by atoms with Crippen molar-refractivity contribution in [2.75, 3.05) is 11.9 Å². The van der Waals surface area contributed by atoms with E-state index in [2.05, 4.69) is 26.2 Å². The first kappa shape index (κ1) is 15.5. The van der Waals surface area contributed by atoms with Gasteiger partial charge < -0.3 is 10.1 Å². The summed E-state index contributed by atoms with van der Waals surface area (Å²) in [4.78, 5) is 16.4. The van der Waals surface area contributed by atoms with E-state index in [9.17, 15) is 4.79 Å². The second-order valence-corrected chi connectivity index (χ2v) is 5.50. The van der Waals surface area contributed by atoms with Gasteiger partial charge in [0, 0.05) is 16.2 Å². The molecule has 21 heavy (non-hydrogen) atoms. The molecule has 110 valence electrons. The van der Waals surface area contributed by atoms with E-state index >= 15 is 0 Å². The Labute approximate surface area is 132 Å². The number of ether oxygens (including phenoxy) is 1. The molecular formula is C16H17BrN2O2. The van der Waals surface area contributed by atoms with Crippen LogP contribution in [0, 0.1) is 6.92 Å². The molecule has 1 aromatic carbocycles. The summed E-state index contributed by atoms with van der Waals surface area (Å²) in [5.74, 6) is 1.02. The average Bonchev–Trinajstić information content (AvgIpc) is 2.49. The maximum absolute atomic E-state index is 12.2. The Balaban J connectivity index is 2.10. The van der Waals surface area contributed by atoms with Crippen molar-refractivity contribution in [2.24, 2.45) is 0 Å². The lowest BCUT2D eigenvalue weighted by Crippen LogP contribution is -2.13. The lowest BCUT2D eigenvalue weighted by Gasteiger charge is -2.08. The van der Waals surface area contributed by atoms with E-state index in [-0.39, 0.29) is 5.91 Å². The Hall–Kier alpha value is -1.88.